The maximum atomic E-state index is 12.2. The number of thiazole rings is 1. The average molecular weight is 425 g/mol. The summed E-state index contributed by atoms with van der Waals surface area (Å²) >= 11 is 1.38. The van der Waals surface area contributed by atoms with Gasteiger partial charge in [-0.15, -0.1) is 11.3 Å². The molecule has 2 aromatic carbocycles. The third-order valence-electron chi connectivity index (χ3n) is 4.46. The van der Waals surface area contributed by atoms with Crippen molar-refractivity contribution < 1.29 is 19.1 Å². The smallest absolute Gasteiger partial charge is 0.226 e. The van der Waals surface area contributed by atoms with E-state index in [9.17, 15) is 9.59 Å². The van der Waals surface area contributed by atoms with Crippen molar-refractivity contribution in [3.05, 3.63) is 59.0 Å². The quantitative estimate of drug-likeness (QED) is 0.381. The number of amides is 1. The van der Waals surface area contributed by atoms with E-state index in [4.69, 9.17) is 9.47 Å². The first kappa shape index (κ1) is 21.5. The zero-order valence-electron chi connectivity index (χ0n) is 17.2. The molecule has 1 N–H and O–H groups in total. The maximum Gasteiger partial charge on any atom is 0.226 e. The van der Waals surface area contributed by atoms with Gasteiger partial charge in [-0.2, -0.15) is 0 Å². The minimum absolute atomic E-state index is 0.0180. The number of benzene rings is 2. The molecule has 0 saturated carbocycles. The fourth-order valence-electron chi connectivity index (χ4n) is 2.87. The topological polar surface area (TPSA) is 77.5 Å². The summed E-state index contributed by atoms with van der Waals surface area (Å²) in [6, 6.07) is 12.9. The van der Waals surface area contributed by atoms with Crippen LogP contribution in [-0.4, -0.2) is 30.4 Å². The van der Waals surface area contributed by atoms with Gasteiger partial charge in [0.25, 0.3) is 0 Å². The summed E-state index contributed by atoms with van der Waals surface area (Å²) in [6.07, 6.45) is 0.901. The molecule has 7 heteroatoms. The zero-order valence-corrected chi connectivity index (χ0v) is 18.0. The van der Waals surface area contributed by atoms with Gasteiger partial charge in [-0.3, -0.25) is 9.59 Å². The SMILES string of the molecule is COc1ccc(C)cc1-c1csc(NC(=O)CCCOc2ccc(C(C)=O)cc2)n1. The molecule has 0 spiro atoms. The van der Waals surface area contributed by atoms with E-state index in [0.29, 0.717) is 35.9 Å². The number of ketones is 1. The van der Waals surface area contributed by atoms with Crippen LogP contribution in [0.4, 0.5) is 5.13 Å². The molecule has 1 amide bonds. The van der Waals surface area contributed by atoms with Gasteiger partial charge >= 0.3 is 0 Å². The molecular weight excluding hydrogens is 400 g/mol. The van der Waals surface area contributed by atoms with Crippen molar-refractivity contribution in [1.29, 1.82) is 0 Å². The van der Waals surface area contributed by atoms with E-state index in [2.05, 4.69) is 10.3 Å². The van der Waals surface area contributed by atoms with Crippen molar-refractivity contribution in [2.45, 2.75) is 26.7 Å². The highest BCUT2D eigenvalue weighted by Crippen LogP contribution is 2.33. The fraction of sp³-hybridized carbons (Fsp3) is 0.261. The molecule has 3 aromatic rings. The van der Waals surface area contributed by atoms with Crippen LogP contribution in [0.3, 0.4) is 0 Å². The highest BCUT2D eigenvalue weighted by atomic mass is 32.1. The summed E-state index contributed by atoms with van der Waals surface area (Å²) < 4.78 is 11.0. The zero-order chi connectivity index (χ0) is 21.5. The van der Waals surface area contributed by atoms with Crippen molar-refractivity contribution in [2.24, 2.45) is 0 Å². The van der Waals surface area contributed by atoms with Gasteiger partial charge in [0.05, 0.1) is 19.4 Å². The Bertz CT molecular complexity index is 1030. The number of nitrogens with one attached hydrogen (secondary N) is 1. The van der Waals surface area contributed by atoms with Gasteiger partial charge in [0.2, 0.25) is 5.91 Å². The molecule has 0 aliphatic rings. The van der Waals surface area contributed by atoms with Crippen LogP contribution in [0.15, 0.2) is 47.8 Å². The minimum atomic E-state index is -0.109. The van der Waals surface area contributed by atoms with Gasteiger partial charge in [0.15, 0.2) is 10.9 Å². The summed E-state index contributed by atoms with van der Waals surface area (Å²) in [5, 5.41) is 5.30. The predicted octanol–water partition coefficient (Wildman–Crippen LogP) is 5.13. The van der Waals surface area contributed by atoms with Gasteiger partial charge in [-0.25, -0.2) is 4.98 Å². The molecular formula is C23H24N2O4S. The molecule has 0 unspecified atom stereocenters. The Morgan fingerprint density at radius 1 is 1.13 bits per heavy atom. The number of aromatic nitrogens is 1. The second kappa shape index (κ2) is 10.0. The number of hydrogen-bond acceptors (Lipinski definition) is 6. The third kappa shape index (κ3) is 5.67. The molecule has 0 saturated heterocycles. The molecule has 30 heavy (non-hydrogen) atoms. The van der Waals surface area contributed by atoms with Crippen molar-refractivity contribution in [3.8, 4) is 22.8 Å². The van der Waals surface area contributed by atoms with E-state index in [0.717, 1.165) is 22.6 Å². The first-order chi connectivity index (χ1) is 14.5. The van der Waals surface area contributed by atoms with Gasteiger partial charge in [0.1, 0.15) is 11.5 Å². The first-order valence-corrected chi connectivity index (χ1v) is 10.5. The van der Waals surface area contributed by atoms with Crippen molar-refractivity contribution in [3.63, 3.8) is 0 Å². The lowest BCUT2D eigenvalue weighted by Crippen LogP contribution is -2.12. The maximum absolute atomic E-state index is 12.2. The monoisotopic (exact) mass is 424 g/mol. The number of carbonyl (C=O) groups is 2. The predicted molar refractivity (Wildman–Crippen MR) is 119 cm³/mol. The Hall–Kier alpha value is -3.19. The molecule has 6 nitrogen and oxygen atoms in total. The summed E-state index contributed by atoms with van der Waals surface area (Å²) in [6.45, 7) is 3.95. The van der Waals surface area contributed by atoms with E-state index in [1.165, 1.54) is 18.3 Å². The Balaban J connectivity index is 1.48. The van der Waals surface area contributed by atoms with Gasteiger partial charge in [-0.05, 0) is 56.7 Å². The van der Waals surface area contributed by atoms with Crippen LogP contribution in [0, 0.1) is 6.92 Å². The molecule has 1 aromatic heterocycles. The highest BCUT2D eigenvalue weighted by Gasteiger charge is 2.12. The Morgan fingerprint density at radius 2 is 1.90 bits per heavy atom. The lowest BCUT2D eigenvalue weighted by molar-refractivity contribution is -0.116. The van der Waals surface area contributed by atoms with E-state index < -0.39 is 0 Å². The molecule has 156 valence electrons. The van der Waals surface area contributed by atoms with Crippen LogP contribution < -0.4 is 14.8 Å². The molecule has 0 fully saturated rings. The Labute approximate surface area is 179 Å². The van der Waals surface area contributed by atoms with Gasteiger partial charge < -0.3 is 14.8 Å². The second-order valence-electron chi connectivity index (χ2n) is 6.82. The summed E-state index contributed by atoms with van der Waals surface area (Å²) in [4.78, 5) is 28.0. The summed E-state index contributed by atoms with van der Waals surface area (Å²) in [7, 11) is 1.63. The fourth-order valence-corrected chi connectivity index (χ4v) is 3.59. The Kier molecular flexibility index (Phi) is 7.19. The van der Waals surface area contributed by atoms with Crippen LogP contribution in [0.2, 0.25) is 0 Å². The average Bonchev–Trinajstić information content (AvgIpc) is 3.19. The molecule has 3 rings (SSSR count). The highest BCUT2D eigenvalue weighted by molar-refractivity contribution is 7.14. The number of nitrogens with zero attached hydrogens (tertiary/aromatic N) is 1. The number of rotatable bonds is 9. The van der Waals surface area contributed by atoms with Crippen LogP contribution in [-0.2, 0) is 4.79 Å². The van der Waals surface area contributed by atoms with E-state index in [-0.39, 0.29) is 11.7 Å². The lowest BCUT2D eigenvalue weighted by atomic mass is 10.1. The molecule has 1 heterocycles. The van der Waals surface area contributed by atoms with Gasteiger partial charge in [-0.1, -0.05) is 11.6 Å². The lowest BCUT2D eigenvalue weighted by Gasteiger charge is -2.07. The molecule has 0 aliphatic heterocycles. The number of Topliss-reactive ketones (excluding diaryl/α,β-unsaturated/α-hetero) is 1. The first-order valence-electron chi connectivity index (χ1n) is 9.60. The minimum Gasteiger partial charge on any atom is -0.496 e. The number of hydrogen-bond donors (Lipinski definition) is 1. The van der Waals surface area contributed by atoms with Crippen molar-refractivity contribution in [2.75, 3.05) is 19.0 Å². The standard InChI is InChI=1S/C23H24N2O4S/c1-15-6-11-21(28-3)19(13-15)20-14-30-23(24-20)25-22(27)5-4-12-29-18-9-7-17(8-10-18)16(2)26/h6-11,13-14H,4-5,12H2,1-3H3,(H,24,25,27). The molecule has 0 atom stereocenters. The van der Waals surface area contributed by atoms with Crippen LogP contribution in [0.25, 0.3) is 11.3 Å². The van der Waals surface area contributed by atoms with Crippen LogP contribution in [0.1, 0.15) is 35.7 Å². The summed E-state index contributed by atoms with van der Waals surface area (Å²) in [5.74, 6) is 1.33. The Morgan fingerprint density at radius 3 is 2.60 bits per heavy atom. The van der Waals surface area contributed by atoms with E-state index in [1.807, 2.05) is 30.5 Å². The van der Waals surface area contributed by atoms with Crippen molar-refractivity contribution in [1.82, 2.24) is 4.98 Å². The van der Waals surface area contributed by atoms with E-state index >= 15 is 0 Å². The number of ether oxygens (including phenoxy) is 2. The number of carbonyl (C=O) groups excluding carboxylic acids is 2. The van der Waals surface area contributed by atoms with Crippen LogP contribution >= 0.6 is 11.3 Å². The molecule has 0 bridgehead atoms. The van der Waals surface area contributed by atoms with Crippen LogP contribution in [0.5, 0.6) is 11.5 Å². The van der Waals surface area contributed by atoms with E-state index in [1.54, 1.807) is 31.4 Å². The van der Waals surface area contributed by atoms with Gasteiger partial charge in [0, 0.05) is 22.9 Å². The number of methoxy groups -OCH3 is 1. The second-order valence-corrected chi connectivity index (χ2v) is 7.68. The number of aryl methyl sites for hydroxylation is 1. The largest absolute Gasteiger partial charge is 0.496 e. The number of anilines is 1. The third-order valence-corrected chi connectivity index (χ3v) is 5.22. The summed E-state index contributed by atoms with van der Waals surface area (Å²) in [5.41, 5.74) is 3.43. The molecule has 0 radical (unpaired) electrons. The van der Waals surface area contributed by atoms with Crippen molar-refractivity contribution >= 4 is 28.2 Å². The molecule has 0 aliphatic carbocycles. The normalized spacial score (nSPS) is 10.5.